The lowest BCUT2D eigenvalue weighted by molar-refractivity contribution is -0.140. The summed E-state index contributed by atoms with van der Waals surface area (Å²) in [5, 5.41) is 3.26. The van der Waals surface area contributed by atoms with Gasteiger partial charge in [0.05, 0.1) is 10.6 Å². The highest BCUT2D eigenvalue weighted by Crippen LogP contribution is 2.27. The Morgan fingerprint density at radius 2 is 1.56 bits per heavy atom. The molecular weight excluding hydrogens is 541 g/mol. The number of benzene rings is 3. The van der Waals surface area contributed by atoms with Gasteiger partial charge in [-0.15, -0.1) is 0 Å². The third-order valence-corrected chi connectivity index (χ3v) is 8.24. The van der Waals surface area contributed by atoms with Gasteiger partial charge in [-0.05, 0) is 48.2 Å². The number of carbonyl (C=O) groups is 2. The van der Waals surface area contributed by atoms with E-state index in [-0.39, 0.29) is 35.4 Å². The second kappa shape index (κ2) is 13.6. The summed E-state index contributed by atoms with van der Waals surface area (Å²) >= 11 is 6.38. The van der Waals surface area contributed by atoms with Crippen LogP contribution in [-0.2, 0) is 26.2 Å². The molecule has 1 N–H and O–H groups in total. The third-order valence-electron chi connectivity index (χ3n) is 6.10. The zero-order chi connectivity index (χ0) is 28.6. The van der Waals surface area contributed by atoms with Gasteiger partial charge in [-0.3, -0.25) is 13.9 Å². The average Bonchev–Trinajstić information content (AvgIpc) is 2.92. The minimum absolute atomic E-state index is 0.0391. The van der Waals surface area contributed by atoms with Crippen molar-refractivity contribution in [2.24, 2.45) is 5.92 Å². The van der Waals surface area contributed by atoms with Crippen LogP contribution >= 0.6 is 11.6 Å². The molecule has 0 aliphatic rings. The highest BCUT2D eigenvalue weighted by Gasteiger charge is 2.34. The number of para-hydroxylation sites is 1. The third kappa shape index (κ3) is 7.58. The van der Waals surface area contributed by atoms with Crippen molar-refractivity contribution in [3.05, 3.63) is 95.3 Å². The lowest BCUT2D eigenvalue weighted by atomic mass is 10.1. The van der Waals surface area contributed by atoms with Gasteiger partial charge in [0.25, 0.3) is 10.0 Å². The van der Waals surface area contributed by atoms with Gasteiger partial charge in [-0.25, -0.2) is 12.8 Å². The van der Waals surface area contributed by atoms with Crippen LogP contribution in [0.25, 0.3) is 0 Å². The van der Waals surface area contributed by atoms with Crippen LogP contribution < -0.4 is 9.62 Å². The molecule has 1 atom stereocenters. The molecule has 0 fully saturated rings. The normalized spacial score (nSPS) is 12.2. The quantitative estimate of drug-likeness (QED) is 0.320. The summed E-state index contributed by atoms with van der Waals surface area (Å²) < 4.78 is 43.1. The van der Waals surface area contributed by atoms with Gasteiger partial charge in [0, 0.05) is 18.1 Å². The topological polar surface area (TPSA) is 86.8 Å². The number of hydrogen-bond acceptors (Lipinski definition) is 4. The molecule has 3 aromatic carbocycles. The van der Waals surface area contributed by atoms with E-state index in [2.05, 4.69) is 5.32 Å². The Hall–Kier alpha value is -3.43. The number of rotatable bonds is 12. The average molecular weight is 574 g/mol. The molecule has 7 nitrogen and oxygen atoms in total. The lowest BCUT2D eigenvalue weighted by Gasteiger charge is -2.33. The number of nitrogens with one attached hydrogen (secondary N) is 1. The molecule has 0 bridgehead atoms. The Bertz CT molecular complexity index is 1390. The number of hydrogen-bond donors (Lipinski definition) is 1. The maximum atomic E-state index is 15.0. The number of anilines is 1. The summed E-state index contributed by atoms with van der Waals surface area (Å²) in [6.45, 7) is 5.32. The minimum atomic E-state index is -4.34. The summed E-state index contributed by atoms with van der Waals surface area (Å²) in [5.74, 6) is -1.66. The Balaban J connectivity index is 2.06. The first-order chi connectivity index (χ1) is 18.6. The highest BCUT2D eigenvalue weighted by molar-refractivity contribution is 7.92. The van der Waals surface area contributed by atoms with Gasteiger partial charge in [0.1, 0.15) is 18.4 Å². The summed E-state index contributed by atoms with van der Waals surface area (Å²) in [6, 6.07) is 18.9. The molecule has 208 valence electrons. The molecule has 0 aliphatic carbocycles. The number of halogens is 2. The number of sulfonamides is 1. The van der Waals surface area contributed by atoms with Crippen molar-refractivity contribution in [2.75, 3.05) is 17.4 Å². The first-order valence-corrected chi connectivity index (χ1v) is 14.5. The summed E-state index contributed by atoms with van der Waals surface area (Å²) in [5.41, 5.74) is 0.315. The first kappa shape index (κ1) is 30.1. The fourth-order valence-corrected chi connectivity index (χ4v) is 5.68. The zero-order valence-corrected chi connectivity index (χ0v) is 23.8. The molecule has 0 saturated heterocycles. The van der Waals surface area contributed by atoms with Crippen molar-refractivity contribution >= 4 is 39.1 Å². The second-order valence-electron chi connectivity index (χ2n) is 9.45. The van der Waals surface area contributed by atoms with Crippen LogP contribution in [0.3, 0.4) is 0 Å². The molecule has 1 unspecified atom stereocenters. The van der Waals surface area contributed by atoms with E-state index in [1.54, 1.807) is 49.4 Å². The van der Waals surface area contributed by atoms with Crippen molar-refractivity contribution in [3.63, 3.8) is 0 Å². The molecule has 0 spiro atoms. The second-order valence-corrected chi connectivity index (χ2v) is 11.7. The molecule has 10 heteroatoms. The van der Waals surface area contributed by atoms with Crippen molar-refractivity contribution < 1.29 is 22.4 Å². The van der Waals surface area contributed by atoms with Gasteiger partial charge in [0.15, 0.2) is 0 Å². The van der Waals surface area contributed by atoms with Crippen LogP contribution in [-0.4, -0.2) is 44.3 Å². The molecule has 2 amide bonds. The van der Waals surface area contributed by atoms with Crippen LogP contribution in [0.5, 0.6) is 0 Å². The van der Waals surface area contributed by atoms with E-state index in [1.165, 1.54) is 35.2 Å². The maximum absolute atomic E-state index is 15.0. The molecule has 3 aromatic rings. The van der Waals surface area contributed by atoms with E-state index in [0.29, 0.717) is 17.1 Å². The van der Waals surface area contributed by atoms with Crippen LogP contribution in [0.2, 0.25) is 5.02 Å². The minimum Gasteiger partial charge on any atom is -0.354 e. The fourth-order valence-electron chi connectivity index (χ4n) is 4.04. The molecule has 0 heterocycles. The van der Waals surface area contributed by atoms with Crippen molar-refractivity contribution in [2.45, 2.75) is 44.7 Å². The van der Waals surface area contributed by atoms with Crippen LogP contribution in [0.1, 0.15) is 32.8 Å². The Morgan fingerprint density at radius 3 is 2.18 bits per heavy atom. The van der Waals surface area contributed by atoms with E-state index < -0.39 is 34.3 Å². The lowest BCUT2D eigenvalue weighted by Crippen LogP contribution is -2.52. The first-order valence-electron chi connectivity index (χ1n) is 12.7. The Kier molecular flexibility index (Phi) is 10.5. The van der Waals surface area contributed by atoms with Crippen molar-refractivity contribution in [3.8, 4) is 0 Å². The molecule has 0 aliphatic heterocycles. The SMILES string of the molecule is CCC(C(=O)NCC(C)C)N(Cc1ccccc1Cl)C(=O)CN(c1ccccc1F)S(=O)(=O)c1ccccc1. The van der Waals surface area contributed by atoms with Gasteiger partial charge >= 0.3 is 0 Å². The summed E-state index contributed by atoms with van der Waals surface area (Å²) in [7, 11) is -4.34. The van der Waals surface area contributed by atoms with Crippen molar-refractivity contribution in [1.82, 2.24) is 10.2 Å². The predicted molar refractivity (Wildman–Crippen MR) is 151 cm³/mol. The molecule has 0 aromatic heterocycles. The number of carbonyl (C=O) groups excluding carboxylic acids is 2. The molecular formula is C29H33ClFN3O4S. The van der Waals surface area contributed by atoms with Crippen LogP contribution in [0, 0.1) is 11.7 Å². The number of nitrogens with zero attached hydrogens (tertiary/aromatic N) is 2. The largest absolute Gasteiger partial charge is 0.354 e. The van der Waals surface area contributed by atoms with Crippen LogP contribution in [0.4, 0.5) is 10.1 Å². The van der Waals surface area contributed by atoms with E-state index >= 15 is 0 Å². The van der Waals surface area contributed by atoms with E-state index in [1.807, 2.05) is 13.8 Å². The van der Waals surface area contributed by atoms with Gasteiger partial charge in [-0.2, -0.15) is 0 Å². The van der Waals surface area contributed by atoms with E-state index in [0.717, 1.165) is 10.4 Å². The predicted octanol–water partition coefficient (Wildman–Crippen LogP) is 5.25. The zero-order valence-electron chi connectivity index (χ0n) is 22.2. The maximum Gasteiger partial charge on any atom is 0.264 e. The van der Waals surface area contributed by atoms with Crippen molar-refractivity contribution in [1.29, 1.82) is 0 Å². The van der Waals surface area contributed by atoms with E-state index in [9.17, 15) is 22.4 Å². The monoisotopic (exact) mass is 573 g/mol. The Morgan fingerprint density at radius 1 is 0.949 bits per heavy atom. The standard InChI is InChI=1S/C29H33ClFN3O4S/c1-4-26(29(36)32-18-21(2)3)33(19-22-12-8-9-15-24(22)30)28(35)20-34(27-17-11-10-16-25(27)31)39(37,38)23-13-6-5-7-14-23/h5-17,21,26H,4,18-20H2,1-3H3,(H,32,36). The smallest absolute Gasteiger partial charge is 0.264 e. The van der Waals surface area contributed by atoms with Gasteiger partial charge in [0.2, 0.25) is 11.8 Å². The van der Waals surface area contributed by atoms with Gasteiger partial charge < -0.3 is 10.2 Å². The molecule has 39 heavy (non-hydrogen) atoms. The summed E-state index contributed by atoms with van der Waals surface area (Å²) in [4.78, 5) is 28.4. The Labute approximate surface area is 234 Å². The van der Waals surface area contributed by atoms with Gasteiger partial charge in [-0.1, -0.05) is 80.9 Å². The fraction of sp³-hybridized carbons (Fsp3) is 0.310. The number of amides is 2. The summed E-state index contributed by atoms with van der Waals surface area (Å²) in [6.07, 6.45) is 0.269. The molecule has 0 radical (unpaired) electrons. The highest BCUT2D eigenvalue weighted by atomic mass is 35.5. The van der Waals surface area contributed by atoms with Crippen LogP contribution in [0.15, 0.2) is 83.8 Å². The molecule has 0 saturated carbocycles. The molecule has 3 rings (SSSR count). The van der Waals surface area contributed by atoms with E-state index in [4.69, 9.17) is 11.6 Å².